The minimum absolute atomic E-state index is 0.0419. The molecule has 0 fully saturated rings. The topological polar surface area (TPSA) is 25.8 Å². The van der Waals surface area contributed by atoms with Crippen LogP contribution in [-0.4, -0.2) is 9.97 Å². The minimum atomic E-state index is -0.0419. The van der Waals surface area contributed by atoms with Gasteiger partial charge in [-0.05, 0) is 17.5 Å². The van der Waals surface area contributed by atoms with Crippen molar-refractivity contribution in [3.63, 3.8) is 0 Å². The number of rotatable bonds is 1. The Kier molecular flexibility index (Phi) is 3.00. The Balaban J connectivity index is 2.49. The third-order valence-electron chi connectivity index (χ3n) is 2.18. The Hall–Kier alpha value is -0.930. The Morgan fingerprint density at radius 1 is 1.25 bits per heavy atom. The minimum Gasteiger partial charge on any atom is -0.241 e. The van der Waals surface area contributed by atoms with E-state index in [1.165, 1.54) is 0 Å². The summed E-state index contributed by atoms with van der Waals surface area (Å²) in [5, 5.41) is 2.72. The fourth-order valence-corrected chi connectivity index (χ4v) is 2.45. The molecule has 0 unspecified atom stereocenters. The van der Waals surface area contributed by atoms with E-state index >= 15 is 0 Å². The number of halogens is 1. The average Bonchev–Trinajstić information content (AvgIpc) is 2.63. The lowest BCUT2D eigenvalue weighted by atomic mass is 9.95. The van der Waals surface area contributed by atoms with Gasteiger partial charge in [0.2, 0.25) is 0 Å². The van der Waals surface area contributed by atoms with Gasteiger partial charge in [-0.25, -0.2) is 9.97 Å². The van der Waals surface area contributed by atoms with Crippen LogP contribution in [-0.2, 0) is 5.41 Å². The summed E-state index contributed by atoms with van der Waals surface area (Å²) in [5.41, 5.74) is 0.861. The molecule has 0 aliphatic rings. The Bertz CT molecular complexity index is 500. The first-order valence-corrected chi connectivity index (χ1v) is 6.31. The predicted octanol–water partition coefficient (Wildman–Crippen LogP) is 4.16. The molecule has 0 aliphatic carbocycles. The predicted molar refractivity (Wildman–Crippen MR) is 69.1 cm³/mol. The van der Waals surface area contributed by atoms with Gasteiger partial charge < -0.3 is 0 Å². The van der Waals surface area contributed by atoms with Crippen LogP contribution in [0.15, 0.2) is 23.7 Å². The first kappa shape index (κ1) is 11.6. The molecule has 2 aromatic rings. The molecule has 0 amide bonds. The van der Waals surface area contributed by atoms with Crippen LogP contribution in [0.1, 0.15) is 26.6 Å². The zero-order chi connectivity index (χ0) is 11.8. The zero-order valence-corrected chi connectivity index (χ0v) is 11.1. The van der Waals surface area contributed by atoms with Crippen molar-refractivity contribution in [2.45, 2.75) is 26.2 Å². The fourth-order valence-electron chi connectivity index (χ4n) is 1.32. The third-order valence-corrected chi connectivity index (χ3v) is 3.54. The molecular formula is C12H13ClN2S. The molecule has 4 heteroatoms. The summed E-state index contributed by atoms with van der Waals surface area (Å²) in [6, 6.07) is 3.79. The van der Waals surface area contributed by atoms with Crippen LogP contribution in [0, 0.1) is 0 Å². The highest BCUT2D eigenvalue weighted by Gasteiger charge is 2.18. The van der Waals surface area contributed by atoms with Crippen molar-refractivity contribution >= 4 is 22.9 Å². The molecule has 0 radical (unpaired) electrons. The Morgan fingerprint density at radius 2 is 2.00 bits per heavy atom. The van der Waals surface area contributed by atoms with Gasteiger partial charge in [0.05, 0.1) is 15.6 Å². The maximum absolute atomic E-state index is 6.09. The number of nitrogens with zero attached hydrogens (tertiary/aromatic N) is 2. The molecule has 2 aromatic heterocycles. The van der Waals surface area contributed by atoms with Gasteiger partial charge >= 0.3 is 0 Å². The highest BCUT2D eigenvalue weighted by Crippen LogP contribution is 2.32. The highest BCUT2D eigenvalue weighted by molar-refractivity contribution is 7.14. The van der Waals surface area contributed by atoms with Crippen molar-refractivity contribution in [2.24, 2.45) is 0 Å². The summed E-state index contributed by atoms with van der Waals surface area (Å²) in [6.07, 6.45) is 1.79. The smallest absolute Gasteiger partial charge is 0.134 e. The second-order valence-electron chi connectivity index (χ2n) is 4.61. The van der Waals surface area contributed by atoms with Crippen molar-refractivity contribution in [2.75, 3.05) is 0 Å². The largest absolute Gasteiger partial charge is 0.241 e. The normalized spacial score (nSPS) is 11.8. The molecule has 0 atom stereocenters. The Morgan fingerprint density at radius 3 is 2.56 bits per heavy atom. The lowest BCUT2D eigenvalue weighted by Crippen LogP contribution is -2.15. The van der Waals surface area contributed by atoms with Gasteiger partial charge in [0.15, 0.2) is 0 Å². The summed E-state index contributed by atoms with van der Waals surface area (Å²) < 4.78 is 0. The van der Waals surface area contributed by atoms with Gasteiger partial charge in [0.1, 0.15) is 5.82 Å². The van der Waals surface area contributed by atoms with Crippen LogP contribution in [0.5, 0.6) is 0 Å². The summed E-state index contributed by atoms with van der Waals surface area (Å²) in [7, 11) is 0. The lowest BCUT2D eigenvalue weighted by Gasteiger charge is -2.16. The van der Waals surface area contributed by atoms with E-state index in [9.17, 15) is 0 Å². The molecule has 2 nitrogen and oxygen atoms in total. The van der Waals surface area contributed by atoms with E-state index in [0.29, 0.717) is 0 Å². The van der Waals surface area contributed by atoms with Crippen LogP contribution >= 0.6 is 22.9 Å². The van der Waals surface area contributed by atoms with E-state index in [2.05, 4.69) is 30.7 Å². The van der Waals surface area contributed by atoms with Crippen LogP contribution in [0.2, 0.25) is 5.02 Å². The van der Waals surface area contributed by atoms with Crippen molar-refractivity contribution in [3.8, 4) is 10.6 Å². The van der Waals surface area contributed by atoms with Crippen molar-refractivity contribution in [1.82, 2.24) is 9.97 Å². The second-order valence-corrected chi connectivity index (χ2v) is 5.94. The maximum atomic E-state index is 6.09. The summed E-state index contributed by atoms with van der Waals surface area (Å²) in [6.45, 7) is 6.30. The molecule has 0 aliphatic heterocycles. The van der Waals surface area contributed by atoms with Gasteiger partial charge in [-0.15, -0.1) is 11.3 Å². The van der Waals surface area contributed by atoms with E-state index in [4.69, 9.17) is 11.6 Å². The monoisotopic (exact) mass is 252 g/mol. The molecule has 0 spiro atoms. The molecule has 0 N–H and O–H groups in total. The number of hydrogen-bond acceptors (Lipinski definition) is 3. The first-order valence-electron chi connectivity index (χ1n) is 5.05. The summed E-state index contributed by atoms with van der Waals surface area (Å²) in [4.78, 5) is 9.87. The lowest BCUT2D eigenvalue weighted by molar-refractivity contribution is 0.546. The van der Waals surface area contributed by atoms with Crippen LogP contribution in [0.4, 0.5) is 0 Å². The van der Waals surface area contributed by atoms with E-state index in [0.717, 1.165) is 21.4 Å². The summed E-state index contributed by atoms with van der Waals surface area (Å²) in [5.74, 6) is 0.842. The van der Waals surface area contributed by atoms with E-state index in [1.54, 1.807) is 17.5 Å². The van der Waals surface area contributed by atoms with E-state index in [-0.39, 0.29) is 5.41 Å². The summed E-state index contributed by atoms with van der Waals surface area (Å²) >= 11 is 7.69. The van der Waals surface area contributed by atoms with Gasteiger partial charge in [0, 0.05) is 11.6 Å². The standard InChI is InChI=1S/C12H13ClN2S/c1-12(2,3)11-14-6-4-9(15-11)10-8(13)5-7-16-10/h4-7H,1-3H3. The molecular weight excluding hydrogens is 240 g/mol. The highest BCUT2D eigenvalue weighted by atomic mass is 35.5. The molecule has 0 bridgehead atoms. The zero-order valence-electron chi connectivity index (χ0n) is 9.49. The molecule has 0 saturated heterocycles. The van der Waals surface area contributed by atoms with Crippen molar-refractivity contribution in [3.05, 3.63) is 34.6 Å². The van der Waals surface area contributed by atoms with Crippen molar-refractivity contribution in [1.29, 1.82) is 0 Å². The van der Waals surface area contributed by atoms with Crippen LogP contribution in [0.25, 0.3) is 10.6 Å². The number of aromatic nitrogens is 2. The van der Waals surface area contributed by atoms with Gasteiger partial charge in [-0.1, -0.05) is 32.4 Å². The van der Waals surface area contributed by atoms with Crippen LogP contribution in [0.3, 0.4) is 0 Å². The molecule has 0 saturated carbocycles. The molecule has 16 heavy (non-hydrogen) atoms. The SMILES string of the molecule is CC(C)(C)c1nccc(-c2sccc2Cl)n1. The van der Waals surface area contributed by atoms with E-state index < -0.39 is 0 Å². The van der Waals surface area contributed by atoms with Gasteiger partial charge in [0.25, 0.3) is 0 Å². The average molecular weight is 253 g/mol. The molecule has 2 heterocycles. The maximum Gasteiger partial charge on any atom is 0.134 e. The second kappa shape index (κ2) is 4.15. The quantitative estimate of drug-likeness (QED) is 0.762. The van der Waals surface area contributed by atoms with Crippen molar-refractivity contribution < 1.29 is 0 Å². The van der Waals surface area contributed by atoms with Crippen LogP contribution < -0.4 is 0 Å². The number of hydrogen-bond donors (Lipinski definition) is 0. The van der Waals surface area contributed by atoms with E-state index in [1.807, 2.05) is 17.5 Å². The first-order chi connectivity index (χ1) is 7.48. The van der Waals surface area contributed by atoms with Gasteiger partial charge in [-0.2, -0.15) is 0 Å². The number of thiophene rings is 1. The van der Waals surface area contributed by atoms with Gasteiger partial charge in [-0.3, -0.25) is 0 Å². The molecule has 0 aromatic carbocycles. The fraction of sp³-hybridized carbons (Fsp3) is 0.333. The Labute approximate surface area is 104 Å². The third kappa shape index (κ3) is 2.25. The molecule has 84 valence electrons. The molecule has 2 rings (SSSR count).